The third-order valence-corrected chi connectivity index (χ3v) is 8.91. The van der Waals surface area contributed by atoms with Crippen LogP contribution in [0.5, 0.6) is 0 Å². The van der Waals surface area contributed by atoms with E-state index in [2.05, 4.69) is 25.9 Å². The van der Waals surface area contributed by atoms with Crippen molar-refractivity contribution in [2.24, 2.45) is 0 Å². The summed E-state index contributed by atoms with van der Waals surface area (Å²) in [6.45, 7) is -0.467. The zero-order chi connectivity index (χ0) is 21.3. The molecular formula is C9H16N3O11P3S2. The maximum absolute atomic E-state index is 11.8. The van der Waals surface area contributed by atoms with Gasteiger partial charge < -0.3 is 34.8 Å². The first kappa shape index (κ1) is 24.1. The second-order valence-electron chi connectivity index (χ2n) is 5.36. The molecule has 1 aromatic heterocycles. The minimum Gasteiger partial charge on any atom is -0.390 e. The van der Waals surface area contributed by atoms with E-state index in [0.717, 1.165) is 4.57 Å². The van der Waals surface area contributed by atoms with Gasteiger partial charge in [-0.15, -0.1) is 0 Å². The number of ether oxygens (including phenoxy) is 1. The fourth-order valence-corrected chi connectivity index (χ4v) is 7.15. The number of nitrogen functional groups attached to an aromatic ring is 1. The molecule has 0 amide bonds. The lowest BCUT2D eigenvalue weighted by Crippen LogP contribution is -2.28. The van der Waals surface area contributed by atoms with Crippen molar-refractivity contribution in [3.05, 3.63) is 22.7 Å². The highest BCUT2D eigenvalue weighted by molar-refractivity contribution is 8.60. The van der Waals surface area contributed by atoms with Crippen molar-refractivity contribution in [1.82, 2.24) is 9.55 Å². The lowest BCUT2D eigenvalue weighted by Gasteiger charge is -2.22. The van der Waals surface area contributed by atoms with Gasteiger partial charge in [0.2, 0.25) is 0 Å². The molecule has 6 N–H and O–H groups in total. The molecule has 1 aliphatic heterocycles. The van der Waals surface area contributed by atoms with Crippen LogP contribution in [0.2, 0.25) is 0 Å². The summed E-state index contributed by atoms with van der Waals surface area (Å²) < 4.78 is 41.8. The van der Waals surface area contributed by atoms with Crippen molar-refractivity contribution in [3.63, 3.8) is 0 Å². The van der Waals surface area contributed by atoms with Crippen LogP contribution in [0.1, 0.15) is 12.6 Å². The van der Waals surface area contributed by atoms with Gasteiger partial charge in [0.05, 0.1) is 12.7 Å². The molecule has 2 heterocycles. The summed E-state index contributed by atoms with van der Waals surface area (Å²) in [5, 5.41) is 10.1. The second-order valence-corrected chi connectivity index (χ2v) is 13.6. The Labute approximate surface area is 167 Å². The largest absolute Gasteiger partial charge is 0.487 e. The maximum atomic E-state index is 11.8. The van der Waals surface area contributed by atoms with Crippen LogP contribution in [0, 0.1) is 0 Å². The van der Waals surface area contributed by atoms with Crippen molar-refractivity contribution >= 4 is 51.2 Å². The van der Waals surface area contributed by atoms with Crippen molar-refractivity contribution in [2.75, 3.05) is 12.3 Å². The predicted octanol–water partition coefficient (Wildman–Crippen LogP) is -0.129. The standard InChI is InChI=1S/C9H16N3O11P3S2/c10-7-1-2-12(9(14)11-7)8-3-5(13)6(21-8)4-20-26(27,28)23-25(18,19)22-24(15,16)17/h1-2,5-6,8,13H,3-4H2,(H,18,19)(H,27,28)(H2,10,11,14)(H2,15,16,17)/t5?,6?,8-/m1/s1. The molecule has 0 radical (unpaired) electrons. The molecule has 2 rings (SSSR count). The van der Waals surface area contributed by atoms with Crippen LogP contribution in [-0.4, -0.2) is 48.2 Å². The monoisotopic (exact) mass is 499 g/mol. The van der Waals surface area contributed by atoms with E-state index in [1.54, 1.807) is 0 Å². The average Bonchev–Trinajstić information content (AvgIpc) is 2.82. The first-order chi connectivity index (χ1) is 12.7. The molecule has 0 saturated carbocycles. The number of rotatable bonds is 8. The molecule has 1 fully saturated rings. The molecule has 0 aliphatic carbocycles. The third kappa shape index (κ3) is 7.26. The van der Waals surface area contributed by atoms with Crippen LogP contribution in [0.15, 0.2) is 17.1 Å². The number of anilines is 1. The third-order valence-electron chi connectivity index (χ3n) is 3.18. The van der Waals surface area contributed by atoms with Gasteiger partial charge in [0.25, 0.3) is 5.69 Å². The van der Waals surface area contributed by atoms with Crippen LogP contribution in [-0.2, 0) is 38.8 Å². The van der Waals surface area contributed by atoms with Gasteiger partial charge in [0.1, 0.15) is 18.1 Å². The van der Waals surface area contributed by atoms with E-state index in [-0.39, 0.29) is 12.2 Å². The molecule has 4 unspecified atom stereocenters. The molecule has 0 spiro atoms. The summed E-state index contributed by atoms with van der Waals surface area (Å²) in [6.07, 6.45) is -1.68. The Balaban J connectivity index is 1.98. The molecule has 1 aromatic rings. The number of hydrogen-bond donors (Lipinski definition) is 6. The summed E-state index contributed by atoms with van der Waals surface area (Å²) in [4.78, 5) is 41.8. The number of thiol groups is 1. The molecule has 160 valence electrons. The lowest BCUT2D eigenvalue weighted by molar-refractivity contribution is -0.0401. The Kier molecular flexibility index (Phi) is 7.66. The lowest BCUT2D eigenvalue weighted by atomic mass is 10.2. The number of nitrogens with two attached hydrogens (primary N) is 1. The first-order valence-electron chi connectivity index (χ1n) is 7.14. The molecule has 0 aromatic carbocycles. The zero-order valence-corrected chi connectivity index (χ0v) is 18.0. The van der Waals surface area contributed by atoms with E-state index >= 15 is 0 Å². The molecular weight excluding hydrogens is 483 g/mol. The Morgan fingerprint density at radius 2 is 2.04 bits per heavy atom. The molecule has 1 saturated heterocycles. The summed E-state index contributed by atoms with van der Waals surface area (Å²) in [6, 6.07) is 1.36. The van der Waals surface area contributed by atoms with Gasteiger partial charge in [-0.25, -0.2) is 18.2 Å². The maximum Gasteiger partial charge on any atom is 0.487 e. The minimum absolute atomic E-state index is 0.00432. The first-order valence-corrected chi connectivity index (χ1v) is 14.0. The van der Waals surface area contributed by atoms with E-state index in [1.807, 2.05) is 0 Å². The highest BCUT2D eigenvalue weighted by Gasteiger charge is 2.40. The predicted molar refractivity (Wildman–Crippen MR) is 101 cm³/mol. The number of hydrogen-bond acceptors (Lipinski definition) is 11. The van der Waals surface area contributed by atoms with Gasteiger partial charge in [-0.3, -0.25) is 4.57 Å². The quantitative estimate of drug-likeness (QED) is 0.203. The van der Waals surface area contributed by atoms with Crippen molar-refractivity contribution in [3.8, 4) is 0 Å². The summed E-state index contributed by atoms with van der Waals surface area (Å²) >= 11 is 8.51. The minimum atomic E-state index is -5.34. The SMILES string of the molecule is Nc1ccn([C@H]2CC(O)C(COP(=S)(S)OP(=O)(O)OP(=O)(O)O)O2)c(=O)n1. The molecule has 0 bridgehead atoms. The van der Waals surface area contributed by atoms with Gasteiger partial charge in [-0.05, 0) is 17.9 Å². The Hall–Kier alpha value is -0.180. The van der Waals surface area contributed by atoms with Crippen molar-refractivity contribution in [2.45, 2.75) is 24.9 Å². The summed E-state index contributed by atoms with van der Waals surface area (Å²) in [7, 11) is -10.6. The Bertz CT molecular complexity index is 922. The average molecular weight is 499 g/mol. The molecule has 1 aliphatic rings. The van der Waals surface area contributed by atoms with Crippen LogP contribution < -0.4 is 11.4 Å². The molecule has 5 atom stereocenters. The zero-order valence-electron chi connectivity index (χ0n) is 13.6. The van der Waals surface area contributed by atoms with Gasteiger partial charge in [-0.2, -0.15) is 9.29 Å². The number of nitrogens with zero attached hydrogens (tertiary/aromatic N) is 2. The Morgan fingerprint density at radius 1 is 1.39 bits per heavy atom. The molecule has 14 nitrogen and oxygen atoms in total. The van der Waals surface area contributed by atoms with Crippen LogP contribution in [0.25, 0.3) is 0 Å². The fourth-order valence-electron chi connectivity index (χ4n) is 2.15. The number of aliphatic hydroxyl groups excluding tert-OH is 1. The highest BCUT2D eigenvalue weighted by Crippen LogP contribution is 2.69. The van der Waals surface area contributed by atoms with E-state index in [0.29, 0.717) is 0 Å². The molecule has 28 heavy (non-hydrogen) atoms. The summed E-state index contributed by atoms with van der Waals surface area (Å²) in [5.41, 5.74) is 0.872. The fraction of sp³-hybridized carbons (Fsp3) is 0.556. The number of aliphatic hydroxyl groups is 1. The van der Waals surface area contributed by atoms with E-state index in [9.17, 15) is 23.9 Å². The van der Waals surface area contributed by atoms with Crippen LogP contribution in [0.3, 0.4) is 0 Å². The topological polar surface area (TPSA) is 213 Å². The van der Waals surface area contributed by atoms with Crippen molar-refractivity contribution < 1.29 is 46.8 Å². The van der Waals surface area contributed by atoms with Gasteiger partial charge in [-0.1, -0.05) is 12.2 Å². The van der Waals surface area contributed by atoms with Gasteiger partial charge in [0, 0.05) is 12.6 Å². The number of phosphoric acid groups is 2. The smallest absolute Gasteiger partial charge is 0.390 e. The van der Waals surface area contributed by atoms with Gasteiger partial charge in [0.15, 0.2) is 0 Å². The van der Waals surface area contributed by atoms with Crippen LogP contribution >= 0.6 is 33.6 Å². The van der Waals surface area contributed by atoms with E-state index in [4.69, 9.17) is 36.6 Å². The van der Waals surface area contributed by atoms with Gasteiger partial charge >= 0.3 is 21.3 Å². The normalized spacial score (nSPS) is 27.2. The number of aromatic nitrogens is 2. The summed E-state index contributed by atoms with van der Waals surface area (Å²) in [5.74, 6) is 0.0125. The highest BCUT2D eigenvalue weighted by atomic mass is 32.9. The van der Waals surface area contributed by atoms with E-state index in [1.165, 1.54) is 12.3 Å². The Morgan fingerprint density at radius 3 is 2.61 bits per heavy atom. The van der Waals surface area contributed by atoms with Crippen LogP contribution in [0.4, 0.5) is 5.82 Å². The van der Waals surface area contributed by atoms with E-state index < -0.39 is 52.1 Å². The van der Waals surface area contributed by atoms with Crippen molar-refractivity contribution in [1.29, 1.82) is 0 Å². The molecule has 19 heteroatoms. The second kappa shape index (κ2) is 8.90.